The Morgan fingerprint density at radius 3 is 2.52 bits per heavy atom. The third-order valence-corrected chi connectivity index (χ3v) is 5.45. The summed E-state index contributed by atoms with van der Waals surface area (Å²) in [4.78, 5) is 31.5. The van der Waals surface area contributed by atoms with Crippen LogP contribution in [0.25, 0.3) is 20.7 Å². The summed E-state index contributed by atoms with van der Waals surface area (Å²) in [6, 6.07) is 16.9. The first kappa shape index (κ1) is 17.3. The second-order valence-corrected chi connectivity index (χ2v) is 7.21. The predicted molar refractivity (Wildman–Crippen MR) is 105 cm³/mol. The molecule has 0 bridgehead atoms. The minimum absolute atomic E-state index is 0.129. The SMILES string of the molecule is Cc1nc2sc(-c3ccccc3)cc2c(=O)n1CC(=O)c1ccc(F)cc1. The summed E-state index contributed by atoms with van der Waals surface area (Å²) in [5, 5.41) is 0.497. The molecule has 0 saturated heterocycles. The number of hydrogen-bond donors (Lipinski definition) is 0. The number of Topliss-reactive ketones (excluding diaryl/α,β-unsaturated/α-hetero) is 1. The zero-order chi connectivity index (χ0) is 19.0. The molecule has 0 atom stereocenters. The Kier molecular flexibility index (Phi) is 4.41. The standard InChI is InChI=1S/C21H15FN2O2S/c1-13-23-20-17(11-19(27-20)15-5-3-2-4-6-15)21(26)24(13)12-18(25)14-7-9-16(22)10-8-14/h2-11H,12H2,1H3. The second kappa shape index (κ2) is 6.89. The number of thiophene rings is 1. The van der Waals surface area contributed by atoms with Crippen molar-refractivity contribution in [3.05, 3.63) is 88.2 Å². The number of halogens is 1. The van der Waals surface area contributed by atoms with Crippen LogP contribution >= 0.6 is 11.3 Å². The molecule has 4 rings (SSSR count). The zero-order valence-electron chi connectivity index (χ0n) is 14.5. The van der Waals surface area contributed by atoms with Gasteiger partial charge in [-0.15, -0.1) is 11.3 Å². The Labute approximate surface area is 158 Å². The fourth-order valence-corrected chi connectivity index (χ4v) is 3.99. The van der Waals surface area contributed by atoms with Crippen molar-refractivity contribution < 1.29 is 9.18 Å². The normalized spacial score (nSPS) is 11.0. The van der Waals surface area contributed by atoms with Gasteiger partial charge in [-0.1, -0.05) is 30.3 Å². The number of ketones is 1. The third kappa shape index (κ3) is 3.31. The van der Waals surface area contributed by atoms with E-state index in [9.17, 15) is 14.0 Å². The largest absolute Gasteiger partial charge is 0.292 e. The smallest absolute Gasteiger partial charge is 0.262 e. The van der Waals surface area contributed by atoms with E-state index in [0.29, 0.717) is 21.6 Å². The van der Waals surface area contributed by atoms with Gasteiger partial charge in [-0.3, -0.25) is 14.2 Å². The van der Waals surface area contributed by atoms with Crippen molar-refractivity contribution in [2.75, 3.05) is 0 Å². The van der Waals surface area contributed by atoms with Crippen LogP contribution in [-0.2, 0) is 6.54 Å². The van der Waals surface area contributed by atoms with Crippen LogP contribution in [0.4, 0.5) is 4.39 Å². The Balaban J connectivity index is 1.74. The van der Waals surface area contributed by atoms with E-state index >= 15 is 0 Å². The Hall–Kier alpha value is -3.12. The fraction of sp³-hybridized carbons (Fsp3) is 0.0952. The summed E-state index contributed by atoms with van der Waals surface area (Å²) in [5.74, 6) is -0.195. The molecule has 134 valence electrons. The maximum absolute atomic E-state index is 13.0. The van der Waals surface area contributed by atoms with Crippen molar-refractivity contribution in [3.8, 4) is 10.4 Å². The summed E-state index contributed by atoms with van der Waals surface area (Å²) in [5.41, 5.74) is 1.14. The van der Waals surface area contributed by atoms with Gasteiger partial charge >= 0.3 is 0 Å². The molecule has 2 aromatic heterocycles. The van der Waals surface area contributed by atoms with Crippen LogP contribution in [0.2, 0.25) is 0 Å². The van der Waals surface area contributed by atoms with Crippen LogP contribution in [0.15, 0.2) is 65.5 Å². The van der Waals surface area contributed by atoms with Gasteiger partial charge in [-0.25, -0.2) is 9.37 Å². The lowest BCUT2D eigenvalue weighted by atomic mass is 10.1. The van der Waals surface area contributed by atoms with E-state index < -0.39 is 5.82 Å². The molecule has 0 aliphatic heterocycles. The number of carbonyl (C=O) groups is 1. The minimum Gasteiger partial charge on any atom is -0.292 e. The summed E-state index contributed by atoms with van der Waals surface area (Å²) in [7, 11) is 0. The maximum atomic E-state index is 13.0. The molecule has 0 saturated carbocycles. The van der Waals surface area contributed by atoms with Gasteiger partial charge in [-0.05, 0) is 42.8 Å². The first-order valence-electron chi connectivity index (χ1n) is 8.38. The van der Waals surface area contributed by atoms with Gasteiger partial charge in [0.25, 0.3) is 5.56 Å². The molecule has 2 aromatic carbocycles. The third-order valence-electron chi connectivity index (χ3n) is 4.37. The predicted octanol–water partition coefficient (Wildman–Crippen LogP) is 4.46. The molecule has 0 spiro atoms. The van der Waals surface area contributed by atoms with Crippen LogP contribution < -0.4 is 5.56 Å². The first-order valence-corrected chi connectivity index (χ1v) is 9.20. The summed E-state index contributed by atoms with van der Waals surface area (Å²) < 4.78 is 14.4. The molecule has 0 N–H and O–H groups in total. The van der Waals surface area contributed by atoms with Crippen LogP contribution in [0, 0.1) is 12.7 Å². The number of nitrogens with zero attached hydrogens (tertiary/aromatic N) is 2. The van der Waals surface area contributed by atoms with Gasteiger partial charge in [0.2, 0.25) is 0 Å². The fourth-order valence-electron chi connectivity index (χ4n) is 2.92. The molecule has 0 unspecified atom stereocenters. The number of aromatic nitrogens is 2. The van der Waals surface area contributed by atoms with Crippen molar-refractivity contribution in [1.29, 1.82) is 0 Å². The Bertz CT molecular complexity index is 1190. The zero-order valence-corrected chi connectivity index (χ0v) is 15.3. The van der Waals surface area contributed by atoms with Gasteiger partial charge in [-0.2, -0.15) is 0 Å². The average molecular weight is 378 g/mol. The summed E-state index contributed by atoms with van der Waals surface area (Å²) >= 11 is 1.45. The Morgan fingerprint density at radius 1 is 1.11 bits per heavy atom. The number of carbonyl (C=O) groups excluding carboxylic acids is 1. The number of hydrogen-bond acceptors (Lipinski definition) is 4. The van der Waals surface area contributed by atoms with Gasteiger partial charge in [0.05, 0.1) is 11.9 Å². The maximum Gasteiger partial charge on any atom is 0.262 e. The van der Waals surface area contributed by atoms with Crippen LogP contribution in [0.5, 0.6) is 0 Å². The highest BCUT2D eigenvalue weighted by molar-refractivity contribution is 7.21. The topological polar surface area (TPSA) is 52.0 Å². The van der Waals surface area contributed by atoms with Crippen molar-refractivity contribution in [2.24, 2.45) is 0 Å². The number of fused-ring (bicyclic) bond motifs is 1. The highest BCUT2D eigenvalue weighted by Gasteiger charge is 2.16. The monoisotopic (exact) mass is 378 g/mol. The number of aryl methyl sites for hydroxylation is 1. The first-order chi connectivity index (χ1) is 13.0. The minimum atomic E-state index is -0.408. The molecule has 0 radical (unpaired) electrons. The molecular weight excluding hydrogens is 363 g/mol. The van der Waals surface area contributed by atoms with E-state index in [-0.39, 0.29) is 17.9 Å². The lowest BCUT2D eigenvalue weighted by molar-refractivity contribution is 0.0969. The highest BCUT2D eigenvalue weighted by atomic mass is 32.1. The molecule has 0 fully saturated rings. The lowest BCUT2D eigenvalue weighted by Gasteiger charge is -2.08. The van der Waals surface area contributed by atoms with Crippen LogP contribution in [0.3, 0.4) is 0 Å². The van der Waals surface area contributed by atoms with Crippen LogP contribution in [0.1, 0.15) is 16.2 Å². The van der Waals surface area contributed by atoms with Gasteiger partial charge in [0, 0.05) is 10.4 Å². The van der Waals surface area contributed by atoms with Crippen molar-refractivity contribution in [3.63, 3.8) is 0 Å². The average Bonchev–Trinajstić information content (AvgIpc) is 3.10. The summed E-state index contributed by atoms with van der Waals surface area (Å²) in [6.45, 7) is 1.58. The molecule has 27 heavy (non-hydrogen) atoms. The lowest BCUT2D eigenvalue weighted by Crippen LogP contribution is -2.27. The van der Waals surface area contributed by atoms with E-state index in [2.05, 4.69) is 4.98 Å². The van der Waals surface area contributed by atoms with E-state index in [1.54, 1.807) is 6.92 Å². The van der Waals surface area contributed by atoms with Crippen molar-refractivity contribution >= 4 is 27.3 Å². The Morgan fingerprint density at radius 2 is 1.81 bits per heavy atom. The number of benzene rings is 2. The van der Waals surface area contributed by atoms with E-state index in [0.717, 1.165) is 10.4 Å². The molecule has 6 heteroatoms. The molecule has 4 aromatic rings. The van der Waals surface area contributed by atoms with Crippen molar-refractivity contribution in [2.45, 2.75) is 13.5 Å². The van der Waals surface area contributed by atoms with E-state index in [1.807, 2.05) is 36.4 Å². The van der Waals surface area contributed by atoms with Gasteiger partial charge in [0.15, 0.2) is 5.78 Å². The van der Waals surface area contributed by atoms with Crippen LogP contribution in [-0.4, -0.2) is 15.3 Å². The summed E-state index contributed by atoms with van der Waals surface area (Å²) in [6.07, 6.45) is 0. The van der Waals surface area contributed by atoms with Crippen molar-refractivity contribution in [1.82, 2.24) is 9.55 Å². The molecule has 2 heterocycles. The quantitative estimate of drug-likeness (QED) is 0.493. The molecule has 0 aliphatic rings. The molecule has 4 nitrogen and oxygen atoms in total. The molecule has 0 aliphatic carbocycles. The molecular formula is C21H15FN2O2S. The second-order valence-electron chi connectivity index (χ2n) is 6.18. The van der Waals surface area contributed by atoms with Gasteiger partial charge in [0.1, 0.15) is 16.5 Å². The molecule has 0 amide bonds. The highest BCUT2D eigenvalue weighted by Crippen LogP contribution is 2.30. The van der Waals surface area contributed by atoms with E-state index in [1.165, 1.54) is 40.2 Å². The van der Waals surface area contributed by atoms with E-state index in [4.69, 9.17) is 0 Å². The number of rotatable bonds is 4. The van der Waals surface area contributed by atoms with Gasteiger partial charge < -0.3 is 0 Å².